The quantitative estimate of drug-likeness (QED) is 0.794. The molecule has 4 rings (SSSR count). The molecule has 0 radical (unpaired) electrons. The van der Waals surface area contributed by atoms with Gasteiger partial charge in [0, 0.05) is 17.1 Å². The SMILES string of the molecule is O=c1[nH]nc2n1-c1ccc(OCc3ccc(F)cc3)cc1SCC2. The molecule has 5 nitrogen and oxygen atoms in total. The van der Waals surface area contributed by atoms with E-state index < -0.39 is 0 Å². The van der Waals surface area contributed by atoms with Gasteiger partial charge < -0.3 is 4.74 Å². The van der Waals surface area contributed by atoms with Gasteiger partial charge in [0.2, 0.25) is 0 Å². The Morgan fingerprint density at radius 3 is 2.92 bits per heavy atom. The summed E-state index contributed by atoms with van der Waals surface area (Å²) in [6.45, 7) is 0.362. The van der Waals surface area contributed by atoms with Crippen LogP contribution in [0.15, 0.2) is 52.2 Å². The highest BCUT2D eigenvalue weighted by Crippen LogP contribution is 2.32. The maximum absolute atomic E-state index is 12.9. The Hall–Kier alpha value is -2.54. The molecule has 0 saturated carbocycles. The summed E-state index contributed by atoms with van der Waals surface area (Å²) in [5.41, 5.74) is 1.49. The molecule has 0 saturated heterocycles. The Balaban J connectivity index is 1.60. The molecule has 7 heteroatoms. The smallest absolute Gasteiger partial charge is 0.347 e. The lowest BCUT2D eigenvalue weighted by Gasteiger charge is -2.11. The molecule has 1 aliphatic rings. The van der Waals surface area contributed by atoms with Crippen molar-refractivity contribution in [2.45, 2.75) is 17.9 Å². The van der Waals surface area contributed by atoms with Crippen molar-refractivity contribution in [3.8, 4) is 11.4 Å². The summed E-state index contributed by atoms with van der Waals surface area (Å²) in [4.78, 5) is 13.0. The molecule has 1 aromatic heterocycles. The van der Waals surface area contributed by atoms with Gasteiger partial charge in [-0.2, -0.15) is 5.10 Å². The highest BCUT2D eigenvalue weighted by molar-refractivity contribution is 7.99. The van der Waals surface area contributed by atoms with E-state index in [-0.39, 0.29) is 11.5 Å². The van der Waals surface area contributed by atoms with Crippen LogP contribution in [0.1, 0.15) is 11.4 Å². The lowest BCUT2D eigenvalue weighted by molar-refractivity contribution is 0.305. The zero-order valence-corrected chi connectivity index (χ0v) is 13.5. The fourth-order valence-corrected chi connectivity index (χ4v) is 3.64. The second kappa shape index (κ2) is 6.16. The van der Waals surface area contributed by atoms with E-state index in [0.717, 1.165) is 34.1 Å². The highest BCUT2D eigenvalue weighted by atomic mass is 32.2. The minimum Gasteiger partial charge on any atom is -0.489 e. The van der Waals surface area contributed by atoms with Gasteiger partial charge in [0.05, 0.1) is 5.69 Å². The Bertz CT molecular complexity index is 934. The van der Waals surface area contributed by atoms with Gasteiger partial charge in [-0.3, -0.25) is 0 Å². The number of hydrogen-bond acceptors (Lipinski definition) is 4. The number of nitrogens with zero attached hydrogens (tertiary/aromatic N) is 2. The van der Waals surface area contributed by atoms with E-state index in [1.54, 1.807) is 28.5 Å². The summed E-state index contributed by atoms with van der Waals surface area (Å²) in [7, 11) is 0. The average Bonchev–Trinajstić information content (AvgIpc) is 2.85. The zero-order valence-electron chi connectivity index (χ0n) is 12.7. The van der Waals surface area contributed by atoms with E-state index in [0.29, 0.717) is 12.4 Å². The third-order valence-corrected chi connectivity index (χ3v) is 4.86. The second-order valence-electron chi connectivity index (χ2n) is 5.42. The number of hydrogen-bond donors (Lipinski definition) is 1. The minimum atomic E-state index is -0.262. The predicted octanol–water partition coefficient (Wildman–Crippen LogP) is 2.93. The topological polar surface area (TPSA) is 59.9 Å². The molecular weight excluding hydrogens is 329 g/mol. The molecule has 0 unspecified atom stereocenters. The monoisotopic (exact) mass is 343 g/mol. The zero-order chi connectivity index (χ0) is 16.5. The number of nitrogens with one attached hydrogen (secondary N) is 1. The first-order valence-electron chi connectivity index (χ1n) is 7.51. The van der Waals surface area contributed by atoms with Crippen molar-refractivity contribution in [3.63, 3.8) is 0 Å². The number of ether oxygens (including phenoxy) is 1. The number of rotatable bonds is 3. The average molecular weight is 343 g/mol. The van der Waals surface area contributed by atoms with Crippen molar-refractivity contribution in [1.29, 1.82) is 0 Å². The van der Waals surface area contributed by atoms with Crippen LogP contribution in [0.3, 0.4) is 0 Å². The Kier molecular flexibility index (Phi) is 3.86. The molecule has 1 aliphatic heterocycles. The van der Waals surface area contributed by atoms with Crippen LogP contribution in [-0.4, -0.2) is 20.5 Å². The largest absolute Gasteiger partial charge is 0.489 e. The number of aryl methyl sites for hydroxylation is 1. The van der Waals surface area contributed by atoms with Crippen molar-refractivity contribution < 1.29 is 9.13 Å². The summed E-state index contributed by atoms with van der Waals surface area (Å²) in [6, 6.07) is 11.9. The Labute approximate surface area is 141 Å². The van der Waals surface area contributed by atoms with Crippen molar-refractivity contribution in [2.24, 2.45) is 0 Å². The lowest BCUT2D eigenvalue weighted by Crippen LogP contribution is -2.16. The lowest BCUT2D eigenvalue weighted by atomic mass is 10.2. The molecule has 1 N–H and O–H groups in total. The Morgan fingerprint density at radius 2 is 2.08 bits per heavy atom. The fourth-order valence-electron chi connectivity index (χ4n) is 2.63. The van der Waals surface area contributed by atoms with Crippen molar-refractivity contribution >= 4 is 11.8 Å². The third-order valence-electron chi connectivity index (χ3n) is 3.82. The van der Waals surface area contributed by atoms with Crippen molar-refractivity contribution in [2.75, 3.05) is 5.75 Å². The van der Waals surface area contributed by atoms with Gasteiger partial charge in [0.25, 0.3) is 0 Å². The van der Waals surface area contributed by atoms with Gasteiger partial charge in [0.15, 0.2) is 0 Å². The predicted molar refractivity (Wildman–Crippen MR) is 89.3 cm³/mol. The van der Waals surface area contributed by atoms with Gasteiger partial charge in [-0.1, -0.05) is 12.1 Å². The van der Waals surface area contributed by atoms with Gasteiger partial charge in [-0.05, 0) is 35.9 Å². The molecule has 2 aromatic carbocycles. The number of benzene rings is 2. The summed E-state index contributed by atoms with van der Waals surface area (Å²) < 4.78 is 20.3. The number of halogens is 1. The summed E-state index contributed by atoms with van der Waals surface area (Å²) in [5, 5.41) is 6.57. The van der Waals surface area contributed by atoms with E-state index in [1.807, 2.05) is 18.2 Å². The van der Waals surface area contributed by atoms with Crippen LogP contribution < -0.4 is 10.4 Å². The first-order valence-corrected chi connectivity index (χ1v) is 8.50. The van der Waals surface area contributed by atoms with E-state index in [1.165, 1.54) is 12.1 Å². The van der Waals surface area contributed by atoms with Gasteiger partial charge >= 0.3 is 5.69 Å². The Morgan fingerprint density at radius 1 is 1.25 bits per heavy atom. The standard InChI is InChI=1S/C17H14FN3O2S/c18-12-3-1-11(2-4-12)10-23-13-5-6-14-15(9-13)24-8-7-16-19-20-17(22)21(14)16/h1-6,9H,7-8,10H2,(H,20,22). The van der Waals surface area contributed by atoms with Gasteiger partial charge in [-0.15, -0.1) is 11.8 Å². The molecule has 0 spiro atoms. The number of aromatic amines is 1. The van der Waals surface area contributed by atoms with E-state index in [4.69, 9.17) is 4.74 Å². The maximum Gasteiger partial charge on any atom is 0.347 e. The molecule has 2 heterocycles. The molecule has 0 fully saturated rings. The minimum absolute atomic E-state index is 0.228. The van der Waals surface area contributed by atoms with Crippen LogP contribution in [-0.2, 0) is 13.0 Å². The molecule has 122 valence electrons. The molecule has 0 amide bonds. The number of aromatic nitrogens is 3. The number of fused-ring (bicyclic) bond motifs is 3. The molecular formula is C17H14FN3O2S. The number of H-pyrrole nitrogens is 1. The first-order chi connectivity index (χ1) is 11.7. The van der Waals surface area contributed by atoms with Crippen LogP contribution >= 0.6 is 11.8 Å². The van der Waals surface area contributed by atoms with Crippen LogP contribution in [0.4, 0.5) is 4.39 Å². The normalized spacial score (nSPS) is 13.0. The number of thioether (sulfide) groups is 1. The molecule has 0 bridgehead atoms. The van der Waals surface area contributed by atoms with Gasteiger partial charge in [-0.25, -0.2) is 18.9 Å². The van der Waals surface area contributed by atoms with Crippen molar-refractivity contribution in [1.82, 2.24) is 14.8 Å². The van der Waals surface area contributed by atoms with E-state index >= 15 is 0 Å². The molecule has 0 aliphatic carbocycles. The second-order valence-corrected chi connectivity index (χ2v) is 6.56. The van der Waals surface area contributed by atoms with E-state index in [9.17, 15) is 9.18 Å². The molecule has 3 aromatic rings. The summed E-state index contributed by atoms with van der Waals surface area (Å²) >= 11 is 1.67. The highest BCUT2D eigenvalue weighted by Gasteiger charge is 2.18. The van der Waals surface area contributed by atoms with Crippen molar-refractivity contribution in [3.05, 3.63) is 70.2 Å². The third kappa shape index (κ3) is 2.82. The fraction of sp³-hybridized carbons (Fsp3) is 0.176. The summed E-state index contributed by atoms with van der Waals surface area (Å²) in [6.07, 6.45) is 0.726. The molecule has 24 heavy (non-hydrogen) atoms. The van der Waals surface area contributed by atoms with Crippen LogP contribution in [0.2, 0.25) is 0 Å². The maximum atomic E-state index is 12.9. The van der Waals surface area contributed by atoms with Crippen LogP contribution in [0.25, 0.3) is 5.69 Å². The van der Waals surface area contributed by atoms with Crippen LogP contribution in [0.5, 0.6) is 5.75 Å². The molecule has 0 atom stereocenters. The summed E-state index contributed by atoms with van der Waals surface area (Å²) in [5.74, 6) is 2.04. The first kappa shape index (κ1) is 15.0. The van der Waals surface area contributed by atoms with Gasteiger partial charge in [0.1, 0.15) is 24.0 Å². The van der Waals surface area contributed by atoms with E-state index in [2.05, 4.69) is 10.2 Å². The van der Waals surface area contributed by atoms with Crippen LogP contribution in [0, 0.1) is 5.82 Å².